The number of halogens is 6. The van der Waals surface area contributed by atoms with E-state index in [4.69, 9.17) is 5.11 Å². The lowest BCUT2D eigenvalue weighted by Gasteiger charge is -2.13. The van der Waals surface area contributed by atoms with Crippen molar-refractivity contribution in [3.63, 3.8) is 0 Å². The summed E-state index contributed by atoms with van der Waals surface area (Å²) in [6.45, 7) is -0.611. The molecule has 3 aromatic rings. The second kappa shape index (κ2) is 8.99. The van der Waals surface area contributed by atoms with E-state index in [0.717, 1.165) is 18.2 Å². The maximum atomic E-state index is 14.0. The Kier molecular flexibility index (Phi) is 6.37. The Balaban J connectivity index is 2.01. The molecule has 0 saturated carbocycles. The number of carboxylic acid groups (broad SMARTS) is 1. The van der Waals surface area contributed by atoms with Gasteiger partial charge >= 0.3 is 12.3 Å². The zero-order valence-electron chi connectivity index (χ0n) is 15.7. The van der Waals surface area contributed by atoms with Crippen LogP contribution in [0, 0.1) is 17.5 Å². The lowest BCUT2D eigenvalue weighted by atomic mass is 10.1. The number of hydrogen-bond donors (Lipinski definition) is 3. The molecule has 1 aromatic heterocycles. The van der Waals surface area contributed by atoms with Gasteiger partial charge in [-0.05, 0) is 24.3 Å². The van der Waals surface area contributed by atoms with E-state index in [1.165, 1.54) is 18.2 Å². The summed E-state index contributed by atoms with van der Waals surface area (Å²) >= 11 is 0. The summed E-state index contributed by atoms with van der Waals surface area (Å²) in [7, 11) is 0. The van der Waals surface area contributed by atoms with E-state index in [1.54, 1.807) is 0 Å². The number of hydrogen-bond acceptors (Lipinski definition) is 6. The summed E-state index contributed by atoms with van der Waals surface area (Å²) in [6, 6.07) is 7.46. The highest BCUT2D eigenvalue weighted by molar-refractivity contribution is 5.73. The van der Waals surface area contributed by atoms with Crippen LogP contribution in [0.15, 0.2) is 42.5 Å². The second-order valence-electron chi connectivity index (χ2n) is 6.13. The highest BCUT2D eigenvalue weighted by Gasteiger charge is 2.31. The smallest absolute Gasteiger partial charge is 0.480 e. The van der Waals surface area contributed by atoms with Crippen molar-refractivity contribution in [2.75, 3.05) is 17.2 Å². The van der Waals surface area contributed by atoms with Crippen molar-refractivity contribution in [1.29, 1.82) is 0 Å². The van der Waals surface area contributed by atoms with Crippen molar-refractivity contribution < 1.29 is 41.0 Å². The first-order valence-electron chi connectivity index (χ1n) is 8.63. The molecular formula is C19H12F6N4O3. The van der Waals surface area contributed by atoms with Crippen molar-refractivity contribution in [1.82, 2.24) is 9.97 Å². The molecule has 0 aliphatic rings. The molecule has 3 N–H and O–H groups in total. The fourth-order valence-corrected chi connectivity index (χ4v) is 2.51. The fourth-order valence-electron chi connectivity index (χ4n) is 2.51. The molecule has 0 amide bonds. The first-order chi connectivity index (χ1) is 15.0. The lowest BCUT2D eigenvalue weighted by molar-refractivity contribution is -0.274. The number of ether oxygens (including phenoxy) is 1. The van der Waals surface area contributed by atoms with E-state index in [0.29, 0.717) is 6.07 Å². The molecule has 0 unspecified atom stereocenters. The monoisotopic (exact) mass is 458 g/mol. The van der Waals surface area contributed by atoms with Gasteiger partial charge < -0.3 is 20.5 Å². The number of alkyl halides is 3. The predicted molar refractivity (Wildman–Crippen MR) is 99.9 cm³/mol. The Labute approximate surface area is 175 Å². The van der Waals surface area contributed by atoms with Crippen LogP contribution < -0.4 is 15.4 Å². The highest BCUT2D eigenvalue weighted by Crippen LogP contribution is 2.30. The van der Waals surface area contributed by atoms with Crippen LogP contribution in [0.3, 0.4) is 0 Å². The van der Waals surface area contributed by atoms with Crippen LogP contribution in [-0.4, -0.2) is 34.0 Å². The van der Waals surface area contributed by atoms with Gasteiger partial charge in [-0.3, -0.25) is 4.79 Å². The van der Waals surface area contributed by atoms with Crippen molar-refractivity contribution in [2.24, 2.45) is 0 Å². The van der Waals surface area contributed by atoms with Gasteiger partial charge in [0.25, 0.3) is 0 Å². The van der Waals surface area contributed by atoms with E-state index in [9.17, 15) is 31.1 Å². The number of carboxylic acids is 1. The number of aromatic nitrogens is 2. The van der Waals surface area contributed by atoms with Crippen LogP contribution >= 0.6 is 0 Å². The fraction of sp³-hybridized carbons (Fsp3) is 0.105. The van der Waals surface area contributed by atoms with E-state index in [-0.39, 0.29) is 23.0 Å². The SMILES string of the molecule is O=C(O)CNc1nc(Nc2ccc(F)c(F)c2F)cc(-c2cccc(OC(F)(F)F)c2)n1. The molecule has 0 radical (unpaired) electrons. The molecule has 168 valence electrons. The van der Waals surface area contributed by atoms with Crippen molar-refractivity contribution in [2.45, 2.75) is 6.36 Å². The molecular weight excluding hydrogens is 446 g/mol. The molecule has 0 aliphatic heterocycles. The Hall–Kier alpha value is -4.03. The molecule has 0 spiro atoms. The van der Waals surface area contributed by atoms with Crippen molar-refractivity contribution >= 4 is 23.4 Å². The number of carbonyl (C=O) groups is 1. The number of nitrogens with one attached hydrogen (secondary N) is 2. The molecule has 13 heteroatoms. The predicted octanol–water partition coefficient (Wildman–Crippen LogP) is 4.70. The summed E-state index contributed by atoms with van der Waals surface area (Å²) in [5.41, 5.74) is -0.390. The zero-order valence-corrected chi connectivity index (χ0v) is 15.7. The zero-order chi connectivity index (χ0) is 23.5. The molecule has 0 atom stereocenters. The molecule has 3 rings (SSSR count). The highest BCUT2D eigenvalue weighted by atomic mass is 19.4. The molecule has 1 heterocycles. The van der Waals surface area contributed by atoms with E-state index in [2.05, 4.69) is 25.3 Å². The number of rotatable bonds is 7. The van der Waals surface area contributed by atoms with Gasteiger partial charge in [0, 0.05) is 11.6 Å². The van der Waals surface area contributed by atoms with Gasteiger partial charge in [0.15, 0.2) is 17.5 Å². The summed E-state index contributed by atoms with van der Waals surface area (Å²) in [4.78, 5) is 18.7. The third-order valence-corrected chi connectivity index (χ3v) is 3.79. The minimum Gasteiger partial charge on any atom is -0.480 e. The van der Waals surface area contributed by atoms with Crippen LogP contribution in [0.5, 0.6) is 5.75 Å². The number of anilines is 3. The number of nitrogens with zero attached hydrogens (tertiary/aromatic N) is 2. The first-order valence-corrected chi connectivity index (χ1v) is 8.63. The molecule has 7 nitrogen and oxygen atoms in total. The molecule has 0 bridgehead atoms. The van der Waals surface area contributed by atoms with Crippen molar-refractivity contribution in [3.05, 3.63) is 59.9 Å². The topological polar surface area (TPSA) is 96.4 Å². The minimum atomic E-state index is -4.94. The van der Waals surface area contributed by atoms with Gasteiger partial charge in [0.1, 0.15) is 18.1 Å². The van der Waals surface area contributed by atoms with Crippen molar-refractivity contribution in [3.8, 4) is 17.0 Å². The van der Waals surface area contributed by atoms with Gasteiger partial charge in [0.05, 0.1) is 11.4 Å². The third-order valence-electron chi connectivity index (χ3n) is 3.79. The standard InChI is InChI=1S/C19H12F6N4O3/c20-11-4-5-12(17(22)16(11)21)27-14-7-13(28-18(29-14)26-8-15(30)31)9-2-1-3-10(6-9)32-19(23,24)25/h1-7H,8H2,(H,30,31)(H2,26,27,28,29). The van der Waals surface area contributed by atoms with Gasteiger partial charge in [-0.2, -0.15) is 4.98 Å². The molecule has 32 heavy (non-hydrogen) atoms. The van der Waals surface area contributed by atoms with E-state index < -0.39 is 47.8 Å². The number of benzene rings is 2. The second-order valence-corrected chi connectivity index (χ2v) is 6.13. The summed E-state index contributed by atoms with van der Waals surface area (Å²) in [5.74, 6) is -6.96. The molecule has 0 aliphatic carbocycles. The first kappa shape index (κ1) is 22.7. The van der Waals surface area contributed by atoms with Gasteiger partial charge in [0.2, 0.25) is 5.95 Å². The number of aliphatic carboxylic acids is 1. The normalized spacial score (nSPS) is 11.2. The van der Waals surface area contributed by atoms with E-state index >= 15 is 0 Å². The van der Waals surface area contributed by atoms with Gasteiger partial charge in [-0.25, -0.2) is 18.2 Å². The molecule has 0 fully saturated rings. The van der Waals surface area contributed by atoms with Crippen LogP contribution in [0.1, 0.15) is 0 Å². The minimum absolute atomic E-state index is 0.00833. The maximum absolute atomic E-state index is 14.0. The van der Waals surface area contributed by atoms with E-state index in [1.807, 2.05) is 0 Å². The Morgan fingerprint density at radius 2 is 1.78 bits per heavy atom. The Morgan fingerprint density at radius 3 is 2.47 bits per heavy atom. The largest absolute Gasteiger partial charge is 0.573 e. The Bertz CT molecular complexity index is 1160. The quantitative estimate of drug-likeness (QED) is 0.349. The van der Waals surface area contributed by atoms with Gasteiger partial charge in [-0.15, -0.1) is 13.2 Å². The Morgan fingerprint density at radius 1 is 1.03 bits per heavy atom. The van der Waals surface area contributed by atoms with Crippen LogP contribution in [0.25, 0.3) is 11.3 Å². The summed E-state index contributed by atoms with van der Waals surface area (Å²) in [6.07, 6.45) is -4.94. The van der Waals surface area contributed by atoms with Crippen LogP contribution in [0.2, 0.25) is 0 Å². The maximum Gasteiger partial charge on any atom is 0.573 e. The van der Waals surface area contributed by atoms with Crippen LogP contribution in [-0.2, 0) is 4.79 Å². The van der Waals surface area contributed by atoms with Crippen LogP contribution in [0.4, 0.5) is 43.8 Å². The average molecular weight is 458 g/mol. The third kappa shape index (κ3) is 5.77. The molecule has 0 saturated heterocycles. The average Bonchev–Trinajstić information content (AvgIpc) is 2.71. The van der Waals surface area contributed by atoms with Gasteiger partial charge in [-0.1, -0.05) is 12.1 Å². The summed E-state index contributed by atoms with van der Waals surface area (Å²) < 4.78 is 82.0. The lowest BCUT2D eigenvalue weighted by Crippen LogP contribution is -2.17. The summed E-state index contributed by atoms with van der Waals surface area (Å²) in [5, 5.41) is 13.6. The molecule has 2 aromatic carbocycles.